The maximum atomic E-state index is 13.5. The van der Waals surface area contributed by atoms with Gasteiger partial charge in [0.15, 0.2) is 0 Å². The largest absolute Gasteiger partial charge is 0.436 e. The Morgan fingerprint density at radius 2 is 1.65 bits per heavy atom. The average Bonchev–Trinajstić information content (AvgIpc) is 2.77. The molecule has 0 radical (unpaired) electrons. The van der Waals surface area contributed by atoms with Gasteiger partial charge in [-0.2, -0.15) is 13.2 Å². The van der Waals surface area contributed by atoms with E-state index in [0.717, 1.165) is 6.07 Å². The molecule has 0 unspecified atom stereocenters. The van der Waals surface area contributed by atoms with Crippen molar-refractivity contribution in [1.29, 1.82) is 0 Å². The maximum Gasteiger partial charge on any atom is 0.276 e. The number of para-hydroxylation sites is 1. The number of carbonyl (C=O) groups is 1. The maximum absolute atomic E-state index is 13.5. The number of benzene rings is 3. The first-order valence-corrected chi connectivity index (χ1v) is 10.6. The van der Waals surface area contributed by atoms with Crippen LogP contribution < -0.4 is 15.7 Å². The minimum Gasteiger partial charge on any atom is -0.436 e. The highest BCUT2D eigenvalue weighted by Crippen LogP contribution is 2.15. The molecule has 1 aromatic heterocycles. The lowest BCUT2D eigenvalue weighted by atomic mass is 10.1. The highest BCUT2D eigenvalue weighted by molar-refractivity contribution is 7.89. The van der Waals surface area contributed by atoms with Crippen LogP contribution in [0.5, 0.6) is 0 Å². The van der Waals surface area contributed by atoms with Crippen molar-refractivity contribution in [2.45, 2.75) is 4.90 Å². The van der Waals surface area contributed by atoms with Gasteiger partial charge in [-0.3, -0.25) is 4.79 Å². The van der Waals surface area contributed by atoms with E-state index in [1.165, 1.54) is 36.4 Å². The SMILES string of the molecule is O=C(Nc1cccc(F)c1)c1cc2ccccc2o/c1=N\NS(=O)(=O)c1ccccc1. The highest BCUT2D eigenvalue weighted by Gasteiger charge is 2.16. The van der Waals surface area contributed by atoms with Crippen molar-refractivity contribution in [2.75, 3.05) is 5.32 Å². The molecule has 0 atom stereocenters. The van der Waals surface area contributed by atoms with Crippen molar-refractivity contribution in [3.05, 3.63) is 102 Å². The quantitative estimate of drug-likeness (QED) is 0.466. The van der Waals surface area contributed by atoms with Crippen LogP contribution in [0.1, 0.15) is 10.4 Å². The first-order chi connectivity index (χ1) is 14.9. The van der Waals surface area contributed by atoms with Crippen LogP contribution in [-0.4, -0.2) is 14.3 Å². The summed E-state index contributed by atoms with van der Waals surface area (Å²) in [6.45, 7) is 0. The number of anilines is 1. The molecule has 0 aliphatic rings. The minimum atomic E-state index is -3.98. The molecule has 0 aliphatic carbocycles. The summed E-state index contributed by atoms with van der Waals surface area (Å²) < 4.78 is 44.1. The van der Waals surface area contributed by atoms with Crippen molar-refractivity contribution in [3.63, 3.8) is 0 Å². The lowest BCUT2D eigenvalue weighted by Gasteiger charge is -2.08. The van der Waals surface area contributed by atoms with Crippen LogP contribution in [0.3, 0.4) is 0 Å². The molecule has 2 N–H and O–H groups in total. The third kappa shape index (κ3) is 4.62. The Morgan fingerprint density at radius 3 is 2.42 bits per heavy atom. The second-order valence-corrected chi connectivity index (χ2v) is 8.15. The van der Waals surface area contributed by atoms with E-state index < -0.39 is 21.7 Å². The fourth-order valence-corrected chi connectivity index (χ4v) is 3.66. The number of fused-ring (bicyclic) bond motifs is 1. The molecule has 4 aromatic rings. The average molecular weight is 437 g/mol. The van der Waals surface area contributed by atoms with Crippen LogP contribution in [0, 0.1) is 5.82 Å². The predicted octanol–water partition coefficient (Wildman–Crippen LogP) is 3.62. The Balaban J connectivity index is 1.76. The Bertz CT molecular complexity index is 1430. The highest BCUT2D eigenvalue weighted by atomic mass is 32.2. The van der Waals surface area contributed by atoms with Gasteiger partial charge < -0.3 is 9.73 Å². The topological polar surface area (TPSA) is 101 Å². The lowest BCUT2D eigenvalue weighted by molar-refractivity contribution is 0.102. The summed E-state index contributed by atoms with van der Waals surface area (Å²) in [6, 6.07) is 21.4. The molecule has 156 valence electrons. The first kappa shape index (κ1) is 20.3. The van der Waals surface area contributed by atoms with Gasteiger partial charge in [0.05, 0.1) is 4.90 Å². The number of carbonyl (C=O) groups excluding carboxylic acids is 1. The van der Waals surface area contributed by atoms with Crippen molar-refractivity contribution >= 4 is 32.6 Å². The van der Waals surface area contributed by atoms with Gasteiger partial charge in [0, 0.05) is 11.1 Å². The van der Waals surface area contributed by atoms with Gasteiger partial charge in [-0.25, -0.2) is 4.39 Å². The summed E-state index contributed by atoms with van der Waals surface area (Å²) >= 11 is 0. The van der Waals surface area contributed by atoms with Gasteiger partial charge in [-0.1, -0.05) is 42.5 Å². The number of hydrogen-bond donors (Lipinski definition) is 2. The molecule has 0 aliphatic heterocycles. The second-order valence-electron chi connectivity index (χ2n) is 6.49. The van der Waals surface area contributed by atoms with E-state index in [2.05, 4.69) is 15.2 Å². The predicted molar refractivity (Wildman–Crippen MR) is 113 cm³/mol. The normalized spacial score (nSPS) is 12.0. The summed E-state index contributed by atoms with van der Waals surface area (Å²) in [7, 11) is -3.98. The van der Waals surface area contributed by atoms with Crippen molar-refractivity contribution < 1.29 is 22.0 Å². The third-order valence-corrected chi connectivity index (χ3v) is 5.53. The van der Waals surface area contributed by atoms with Crippen LogP contribution in [0.2, 0.25) is 0 Å². The Labute approximate surface area is 176 Å². The number of amides is 1. The molecule has 9 heteroatoms. The summed E-state index contributed by atoms with van der Waals surface area (Å²) in [4.78, 5) is 14.9. The monoisotopic (exact) mass is 437 g/mol. The van der Waals surface area contributed by atoms with E-state index in [1.54, 1.807) is 42.5 Å². The molecule has 0 saturated carbocycles. The molecule has 7 nitrogen and oxygen atoms in total. The molecule has 31 heavy (non-hydrogen) atoms. The van der Waals surface area contributed by atoms with Crippen molar-refractivity contribution in [1.82, 2.24) is 4.83 Å². The number of hydrogen-bond acceptors (Lipinski definition) is 5. The van der Waals surface area contributed by atoms with E-state index in [9.17, 15) is 17.6 Å². The molecule has 3 aromatic carbocycles. The molecule has 0 fully saturated rings. The molecular weight excluding hydrogens is 421 g/mol. The van der Waals surface area contributed by atoms with E-state index in [1.807, 2.05) is 0 Å². The zero-order chi connectivity index (χ0) is 21.8. The summed E-state index contributed by atoms with van der Waals surface area (Å²) in [5.74, 6) is -1.15. The van der Waals surface area contributed by atoms with Gasteiger partial charge in [-0.15, -0.1) is 5.10 Å². The Morgan fingerprint density at radius 1 is 0.903 bits per heavy atom. The molecule has 0 saturated heterocycles. The number of nitrogens with one attached hydrogen (secondary N) is 2. The van der Waals surface area contributed by atoms with Crippen molar-refractivity contribution in [3.8, 4) is 0 Å². The van der Waals surface area contributed by atoms with E-state index in [-0.39, 0.29) is 21.7 Å². The Hall–Kier alpha value is -3.98. The van der Waals surface area contributed by atoms with Crippen LogP contribution in [0.4, 0.5) is 10.1 Å². The molecule has 0 bridgehead atoms. The van der Waals surface area contributed by atoms with E-state index in [4.69, 9.17) is 4.42 Å². The van der Waals surface area contributed by atoms with Crippen LogP contribution >= 0.6 is 0 Å². The zero-order valence-electron chi connectivity index (χ0n) is 15.9. The number of sulfonamides is 1. The standard InChI is InChI=1S/C22H16FN3O4S/c23-16-8-6-9-17(14-16)24-21(27)19-13-15-7-4-5-12-20(15)30-22(19)25-26-31(28,29)18-10-2-1-3-11-18/h1-14,26H,(H,24,27)/b25-22-. The molecule has 0 spiro atoms. The van der Waals surface area contributed by atoms with Gasteiger partial charge >= 0.3 is 0 Å². The number of nitrogens with zero attached hydrogens (tertiary/aromatic N) is 1. The smallest absolute Gasteiger partial charge is 0.276 e. The minimum absolute atomic E-state index is 0.00491. The molecule has 1 heterocycles. The van der Waals surface area contributed by atoms with E-state index >= 15 is 0 Å². The zero-order valence-corrected chi connectivity index (χ0v) is 16.8. The van der Waals surface area contributed by atoms with Crippen LogP contribution in [0.15, 0.2) is 99.3 Å². The van der Waals surface area contributed by atoms with Crippen LogP contribution in [-0.2, 0) is 10.0 Å². The summed E-state index contributed by atoms with van der Waals surface area (Å²) in [5, 5.41) is 7.01. The lowest BCUT2D eigenvalue weighted by Crippen LogP contribution is -2.27. The summed E-state index contributed by atoms with van der Waals surface area (Å²) in [6.07, 6.45) is 0. The van der Waals surface area contributed by atoms with Gasteiger partial charge in [-0.05, 0) is 42.5 Å². The first-order valence-electron chi connectivity index (χ1n) is 9.13. The fraction of sp³-hybridized carbons (Fsp3) is 0. The van der Waals surface area contributed by atoms with Gasteiger partial charge in [0.1, 0.15) is 17.0 Å². The molecular formula is C22H16FN3O4S. The number of halogens is 1. The molecule has 1 amide bonds. The third-order valence-electron chi connectivity index (χ3n) is 4.30. The fourth-order valence-electron chi connectivity index (χ4n) is 2.83. The van der Waals surface area contributed by atoms with Crippen LogP contribution in [0.25, 0.3) is 11.0 Å². The van der Waals surface area contributed by atoms with Crippen molar-refractivity contribution in [2.24, 2.45) is 5.10 Å². The second kappa shape index (κ2) is 8.41. The summed E-state index contributed by atoms with van der Waals surface area (Å²) in [5.41, 5.74) is 0.363. The van der Waals surface area contributed by atoms with Gasteiger partial charge in [0.25, 0.3) is 15.9 Å². The number of rotatable bonds is 5. The Kier molecular flexibility index (Phi) is 5.50. The van der Waals surface area contributed by atoms with Gasteiger partial charge in [0.2, 0.25) is 5.55 Å². The van der Waals surface area contributed by atoms with E-state index in [0.29, 0.717) is 11.0 Å². The molecule has 4 rings (SSSR count).